The van der Waals surface area contributed by atoms with Gasteiger partial charge >= 0.3 is 6.03 Å². The Bertz CT molecular complexity index is 232. The van der Waals surface area contributed by atoms with Gasteiger partial charge in [-0.2, -0.15) is 0 Å². The highest BCUT2D eigenvalue weighted by Gasteiger charge is 2.28. The van der Waals surface area contributed by atoms with Crippen LogP contribution in [0.1, 0.15) is 12.8 Å². The van der Waals surface area contributed by atoms with E-state index in [4.69, 9.17) is 10.5 Å². The lowest BCUT2D eigenvalue weighted by atomic mass is 10.2. The Morgan fingerprint density at radius 3 is 2.93 bits per heavy atom. The number of methoxy groups -OCH3 is 1. The molecule has 1 fully saturated rings. The van der Waals surface area contributed by atoms with Crippen LogP contribution in [-0.2, 0) is 9.53 Å². The molecule has 6 nitrogen and oxygen atoms in total. The fourth-order valence-corrected chi connectivity index (χ4v) is 1.34. The first-order valence-electron chi connectivity index (χ1n) is 4.50. The zero-order chi connectivity index (χ0) is 10.6. The summed E-state index contributed by atoms with van der Waals surface area (Å²) < 4.78 is 4.86. The smallest absolute Gasteiger partial charge is 0.325 e. The Morgan fingerprint density at radius 1 is 1.64 bits per heavy atom. The molecule has 1 atom stereocenters. The number of nitrogens with two attached hydrogens (primary N) is 1. The van der Waals surface area contributed by atoms with Crippen molar-refractivity contribution in [2.24, 2.45) is 5.73 Å². The third-order valence-corrected chi connectivity index (χ3v) is 2.05. The number of imide groups is 1. The molecular weight excluding hydrogens is 186 g/mol. The van der Waals surface area contributed by atoms with Gasteiger partial charge in [0.2, 0.25) is 5.91 Å². The summed E-state index contributed by atoms with van der Waals surface area (Å²) in [7, 11) is 1.60. The Balaban J connectivity index is 2.42. The van der Waals surface area contributed by atoms with Crippen LogP contribution in [0.25, 0.3) is 0 Å². The quantitative estimate of drug-likeness (QED) is 0.586. The fraction of sp³-hybridized carbons (Fsp3) is 0.750. The number of rotatable bonds is 4. The van der Waals surface area contributed by atoms with Crippen LogP contribution in [0.2, 0.25) is 0 Å². The molecule has 1 rings (SSSR count). The molecule has 0 saturated carbocycles. The van der Waals surface area contributed by atoms with Crippen LogP contribution in [0.4, 0.5) is 4.79 Å². The molecular formula is C8H15N3O3. The van der Waals surface area contributed by atoms with Crippen molar-refractivity contribution in [1.82, 2.24) is 10.2 Å². The highest BCUT2D eigenvalue weighted by atomic mass is 16.5. The molecule has 0 radical (unpaired) electrons. The lowest BCUT2D eigenvalue weighted by molar-refractivity contribution is -0.122. The third-order valence-electron chi connectivity index (χ3n) is 2.05. The second-order valence-corrected chi connectivity index (χ2v) is 3.16. The number of ether oxygens (including phenoxy) is 1. The van der Waals surface area contributed by atoms with Crippen molar-refractivity contribution in [3.8, 4) is 0 Å². The standard InChI is InChI=1S/C8H15N3O3/c1-14-4-2-3-11-6(9)5-7(12)10-8(11)13/h6H,2-5,9H2,1H3,(H,10,12,13). The van der Waals surface area contributed by atoms with Crippen molar-refractivity contribution in [1.29, 1.82) is 0 Å². The van der Waals surface area contributed by atoms with Crippen molar-refractivity contribution in [3.05, 3.63) is 0 Å². The summed E-state index contributed by atoms with van der Waals surface area (Å²) in [5.41, 5.74) is 5.65. The first-order chi connectivity index (χ1) is 6.65. The summed E-state index contributed by atoms with van der Waals surface area (Å²) in [6.45, 7) is 1.08. The maximum absolute atomic E-state index is 11.3. The van der Waals surface area contributed by atoms with E-state index in [-0.39, 0.29) is 12.3 Å². The summed E-state index contributed by atoms with van der Waals surface area (Å²) in [5.74, 6) is -0.314. The molecule has 3 amide bonds. The molecule has 0 aromatic carbocycles. The lowest BCUT2D eigenvalue weighted by Crippen LogP contribution is -2.58. The second-order valence-electron chi connectivity index (χ2n) is 3.16. The molecule has 1 heterocycles. The van der Waals surface area contributed by atoms with E-state index >= 15 is 0 Å². The lowest BCUT2D eigenvalue weighted by Gasteiger charge is -2.32. The van der Waals surface area contributed by atoms with E-state index in [0.717, 1.165) is 0 Å². The van der Waals surface area contributed by atoms with Crippen LogP contribution < -0.4 is 11.1 Å². The summed E-state index contributed by atoms with van der Waals surface area (Å²) in [5, 5.41) is 2.21. The van der Waals surface area contributed by atoms with Gasteiger partial charge in [-0.25, -0.2) is 4.79 Å². The molecule has 14 heavy (non-hydrogen) atoms. The average Bonchev–Trinajstić information content (AvgIpc) is 2.09. The summed E-state index contributed by atoms with van der Waals surface area (Å²) in [4.78, 5) is 23.6. The molecule has 0 aliphatic carbocycles. The van der Waals surface area contributed by atoms with Crippen molar-refractivity contribution in [3.63, 3.8) is 0 Å². The highest BCUT2D eigenvalue weighted by Crippen LogP contribution is 2.06. The summed E-state index contributed by atoms with van der Waals surface area (Å²) in [6, 6.07) is -0.412. The molecule has 0 bridgehead atoms. The van der Waals surface area contributed by atoms with E-state index in [2.05, 4.69) is 5.32 Å². The number of carbonyl (C=O) groups is 2. The molecule has 6 heteroatoms. The number of hydrogen-bond donors (Lipinski definition) is 2. The van der Waals surface area contributed by atoms with Crippen LogP contribution in [0.5, 0.6) is 0 Å². The summed E-state index contributed by atoms with van der Waals surface area (Å²) in [6.07, 6.45) is 0.373. The van der Waals surface area contributed by atoms with Crippen LogP contribution in [0.3, 0.4) is 0 Å². The third kappa shape index (κ3) is 2.68. The second kappa shape index (κ2) is 4.92. The van der Waals surface area contributed by atoms with Gasteiger partial charge in [0.15, 0.2) is 0 Å². The molecule has 3 N–H and O–H groups in total. The van der Waals surface area contributed by atoms with E-state index < -0.39 is 12.2 Å². The molecule has 0 aromatic rings. The molecule has 1 aliphatic heterocycles. The molecule has 1 aliphatic rings. The van der Waals surface area contributed by atoms with Gasteiger partial charge in [-0.15, -0.1) is 0 Å². The van der Waals surface area contributed by atoms with E-state index in [0.29, 0.717) is 19.6 Å². The minimum atomic E-state index is -0.506. The van der Waals surface area contributed by atoms with Gasteiger partial charge in [0.05, 0.1) is 12.6 Å². The fourth-order valence-electron chi connectivity index (χ4n) is 1.34. The number of hydrogen-bond acceptors (Lipinski definition) is 4. The zero-order valence-corrected chi connectivity index (χ0v) is 8.16. The van der Waals surface area contributed by atoms with Gasteiger partial charge in [0, 0.05) is 20.3 Å². The number of nitrogens with one attached hydrogen (secondary N) is 1. The number of carbonyl (C=O) groups excluding carboxylic acids is 2. The van der Waals surface area contributed by atoms with E-state index in [1.165, 1.54) is 4.90 Å². The molecule has 80 valence electrons. The van der Waals surface area contributed by atoms with Crippen LogP contribution in [0, 0.1) is 0 Å². The maximum Gasteiger partial charge on any atom is 0.325 e. The molecule has 1 saturated heterocycles. The number of urea groups is 1. The first-order valence-corrected chi connectivity index (χ1v) is 4.50. The first kappa shape index (κ1) is 10.9. The predicted molar refractivity (Wildman–Crippen MR) is 49.3 cm³/mol. The number of amides is 3. The average molecular weight is 201 g/mol. The maximum atomic E-state index is 11.3. The minimum Gasteiger partial charge on any atom is -0.385 e. The van der Waals surface area contributed by atoms with Gasteiger partial charge < -0.3 is 15.4 Å². The molecule has 0 aromatic heterocycles. The van der Waals surface area contributed by atoms with E-state index in [1.807, 2.05) is 0 Å². The summed E-state index contributed by atoms with van der Waals surface area (Å²) >= 11 is 0. The predicted octanol–water partition coefficient (Wildman–Crippen LogP) is -0.750. The zero-order valence-electron chi connectivity index (χ0n) is 8.16. The normalized spacial score (nSPS) is 22.4. The highest BCUT2D eigenvalue weighted by molar-refractivity contribution is 5.97. The monoisotopic (exact) mass is 201 g/mol. The van der Waals surface area contributed by atoms with Crippen molar-refractivity contribution < 1.29 is 14.3 Å². The van der Waals surface area contributed by atoms with Gasteiger partial charge in [0.1, 0.15) is 0 Å². The topological polar surface area (TPSA) is 84.7 Å². The Kier molecular flexibility index (Phi) is 3.84. The van der Waals surface area contributed by atoms with Gasteiger partial charge in [-0.05, 0) is 6.42 Å². The van der Waals surface area contributed by atoms with Crippen LogP contribution in [-0.4, -0.2) is 43.3 Å². The van der Waals surface area contributed by atoms with Gasteiger partial charge in [-0.1, -0.05) is 0 Å². The van der Waals surface area contributed by atoms with Gasteiger partial charge in [-0.3, -0.25) is 10.1 Å². The van der Waals surface area contributed by atoms with Crippen molar-refractivity contribution >= 4 is 11.9 Å². The molecule has 0 spiro atoms. The Morgan fingerprint density at radius 2 is 2.36 bits per heavy atom. The van der Waals surface area contributed by atoms with Crippen molar-refractivity contribution in [2.75, 3.05) is 20.3 Å². The van der Waals surface area contributed by atoms with E-state index in [1.54, 1.807) is 7.11 Å². The Hall–Kier alpha value is -1.14. The number of nitrogens with zero attached hydrogens (tertiary/aromatic N) is 1. The van der Waals surface area contributed by atoms with Gasteiger partial charge in [0.25, 0.3) is 0 Å². The van der Waals surface area contributed by atoms with E-state index in [9.17, 15) is 9.59 Å². The minimum absolute atomic E-state index is 0.165. The largest absolute Gasteiger partial charge is 0.385 e. The SMILES string of the molecule is COCCCN1C(=O)NC(=O)CC1N. The van der Waals surface area contributed by atoms with Crippen molar-refractivity contribution in [2.45, 2.75) is 19.0 Å². The van der Waals surface area contributed by atoms with Crippen LogP contribution in [0.15, 0.2) is 0 Å². The Labute approximate surface area is 82.4 Å². The molecule has 1 unspecified atom stereocenters. The van der Waals surface area contributed by atoms with Crippen LogP contribution >= 0.6 is 0 Å².